The van der Waals surface area contributed by atoms with E-state index in [9.17, 15) is 9.59 Å². The van der Waals surface area contributed by atoms with Crippen LogP contribution in [0.15, 0.2) is 18.2 Å². The molecule has 0 heterocycles. The number of carbonyl (C=O) groups excluding carboxylic acids is 1. The SMILES string of the molecule is CC(=O)SCCC#Cc1ccc(C(=O)O)cc1Cl. The highest BCUT2D eigenvalue weighted by molar-refractivity contribution is 8.13. The Bertz CT molecular complexity index is 529. The van der Waals surface area contributed by atoms with Crippen molar-refractivity contribution in [3.05, 3.63) is 34.3 Å². The average Bonchev–Trinajstić information content (AvgIpc) is 2.29. The van der Waals surface area contributed by atoms with Crippen LogP contribution in [-0.2, 0) is 4.79 Å². The summed E-state index contributed by atoms with van der Waals surface area (Å²) in [5.74, 6) is 5.37. The first kappa shape index (κ1) is 14.6. The van der Waals surface area contributed by atoms with E-state index in [1.165, 1.54) is 30.8 Å². The van der Waals surface area contributed by atoms with Crippen LogP contribution in [0, 0.1) is 11.8 Å². The van der Waals surface area contributed by atoms with Crippen LogP contribution < -0.4 is 0 Å². The van der Waals surface area contributed by atoms with Gasteiger partial charge in [-0.1, -0.05) is 35.2 Å². The highest BCUT2D eigenvalue weighted by Crippen LogP contribution is 2.17. The zero-order valence-corrected chi connectivity index (χ0v) is 11.3. The zero-order valence-electron chi connectivity index (χ0n) is 9.70. The highest BCUT2D eigenvalue weighted by Gasteiger charge is 2.05. The van der Waals surface area contributed by atoms with Gasteiger partial charge in [-0.05, 0) is 18.2 Å². The minimum atomic E-state index is -1.02. The van der Waals surface area contributed by atoms with E-state index in [2.05, 4.69) is 11.8 Å². The lowest BCUT2D eigenvalue weighted by molar-refractivity contribution is -0.109. The molecule has 0 radical (unpaired) electrons. The predicted octanol–water partition coefficient (Wildman–Crippen LogP) is 3.06. The molecule has 1 N–H and O–H groups in total. The molecule has 0 aromatic heterocycles. The summed E-state index contributed by atoms with van der Waals surface area (Å²) in [6.07, 6.45) is 0.585. The molecular formula is C13H11ClO3S. The van der Waals surface area contributed by atoms with Gasteiger partial charge >= 0.3 is 5.97 Å². The van der Waals surface area contributed by atoms with E-state index in [0.717, 1.165) is 0 Å². The van der Waals surface area contributed by atoms with Crippen molar-refractivity contribution in [2.24, 2.45) is 0 Å². The van der Waals surface area contributed by atoms with Crippen LogP contribution >= 0.6 is 23.4 Å². The maximum atomic E-state index is 10.7. The summed E-state index contributed by atoms with van der Waals surface area (Å²) in [4.78, 5) is 21.4. The third-order valence-electron chi connectivity index (χ3n) is 1.97. The minimum Gasteiger partial charge on any atom is -0.478 e. The summed E-state index contributed by atoms with van der Waals surface area (Å²) in [5.41, 5.74) is 0.729. The number of hydrogen-bond acceptors (Lipinski definition) is 3. The van der Waals surface area contributed by atoms with Gasteiger partial charge in [-0.25, -0.2) is 4.79 Å². The van der Waals surface area contributed by atoms with Crippen molar-refractivity contribution in [1.82, 2.24) is 0 Å². The smallest absolute Gasteiger partial charge is 0.335 e. The Labute approximate surface area is 115 Å². The molecule has 94 valence electrons. The van der Waals surface area contributed by atoms with Gasteiger partial charge in [-0.2, -0.15) is 0 Å². The fourth-order valence-corrected chi connectivity index (χ4v) is 1.87. The van der Waals surface area contributed by atoms with E-state index >= 15 is 0 Å². The molecule has 5 heteroatoms. The summed E-state index contributed by atoms with van der Waals surface area (Å²) >= 11 is 7.14. The van der Waals surface area contributed by atoms with Gasteiger partial charge < -0.3 is 5.11 Å². The number of carboxylic acids is 1. The number of aromatic carboxylic acids is 1. The van der Waals surface area contributed by atoms with Crippen LogP contribution in [-0.4, -0.2) is 21.9 Å². The van der Waals surface area contributed by atoms with E-state index < -0.39 is 5.97 Å². The lowest BCUT2D eigenvalue weighted by Crippen LogP contribution is -1.96. The molecule has 1 rings (SSSR count). The topological polar surface area (TPSA) is 54.4 Å². The molecule has 0 saturated carbocycles. The van der Waals surface area contributed by atoms with Gasteiger partial charge in [0.15, 0.2) is 5.12 Å². The first-order valence-corrected chi connectivity index (χ1v) is 6.52. The zero-order chi connectivity index (χ0) is 13.5. The summed E-state index contributed by atoms with van der Waals surface area (Å²) in [7, 11) is 0. The lowest BCUT2D eigenvalue weighted by Gasteiger charge is -1.98. The van der Waals surface area contributed by atoms with Crippen molar-refractivity contribution in [2.45, 2.75) is 13.3 Å². The van der Waals surface area contributed by atoms with Gasteiger partial charge in [0.05, 0.1) is 10.6 Å². The molecule has 3 nitrogen and oxygen atoms in total. The number of hydrogen-bond donors (Lipinski definition) is 1. The Kier molecular flexibility index (Phi) is 5.76. The third kappa shape index (κ3) is 4.82. The van der Waals surface area contributed by atoms with E-state index in [1.807, 2.05) is 0 Å². The Morgan fingerprint density at radius 3 is 2.72 bits per heavy atom. The van der Waals surface area contributed by atoms with Gasteiger partial charge in [0.2, 0.25) is 0 Å². The predicted molar refractivity (Wildman–Crippen MR) is 73.0 cm³/mol. The quantitative estimate of drug-likeness (QED) is 0.684. The van der Waals surface area contributed by atoms with Crippen molar-refractivity contribution >= 4 is 34.4 Å². The maximum Gasteiger partial charge on any atom is 0.335 e. The van der Waals surface area contributed by atoms with Crippen molar-refractivity contribution in [2.75, 3.05) is 5.75 Å². The first-order valence-electron chi connectivity index (χ1n) is 5.16. The molecule has 0 aliphatic rings. The van der Waals surface area contributed by atoms with E-state index in [0.29, 0.717) is 22.8 Å². The van der Waals surface area contributed by atoms with Gasteiger partial charge in [-0.15, -0.1) is 0 Å². The number of halogens is 1. The second kappa shape index (κ2) is 7.10. The molecule has 0 atom stereocenters. The fraction of sp³-hybridized carbons (Fsp3) is 0.231. The van der Waals surface area contributed by atoms with E-state index in [-0.39, 0.29) is 10.7 Å². The second-order valence-corrected chi connectivity index (χ2v) is 5.07. The molecular weight excluding hydrogens is 272 g/mol. The molecule has 0 fully saturated rings. The van der Waals surface area contributed by atoms with Crippen LogP contribution in [0.1, 0.15) is 29.3 Å². The van der Waals surface area contributed by atoms with Crippen LogP contribution in [0.25, 0.3) is 0 Å². The van der Waals surface area contributed by atoms with Gasteiger partial charge in [0, 0.05) is 24.7 Å². The average molecular weight is 283 g/mol. The molecule has 18 heavy (non-hydrogen) atoms. The van der Waals surface area contributed by atoms with Crippen LogP contribution in [0.5, 0.6) is 0 Å². The van der Waals surface area contributed by atoms with Gasteiger partial charge in [0.25, 0.3) is 0 Å². The summed E-state index contributed by atoms with van der Waals surface area (Å²) in [6, 6.07) is 4.41. The molecule has 1 aromatic carbocycles. The molecule has 0 aliphatic heterocycles. The molecule has 0 aliphatic carbocycles. The Hall–Kier alpha value is -1.44. The lowest BCUT2D eigenvalue weighted by atomic mass is 10.1. The number of carboxylic acid groups (broad SMARTS) is 1. The third-order valence-corrected chi connectivity index (χ3v) is 3.10. The standard InChI is InChI=1S/C13H11ClO3S/c1-9(15)18-7-3-2-4-10-5-6-11(13(16)17)8-12(10)14/h5-6,8H,3,7H2,1H3,(H,16,17). The number of carbonyl (C=O) groups is 2. The van der Waals surface area contributed by atoms with Crippen LogP contribution in [0.3, 0.4) is 0 Å². The number of rotatable bonds is 3. The van der Waals surface area contributed by atoms with E-state index in [4.69, 9.17) is 16.7 Å². The second-order valence-electron chi connectivity index (χ2n) is 3.39. The molecule has 0 unspecified atom stereocenters. The molecule has 1 aromatic rings. The Balaban J connectivity index is 2.65. The molecule has 0 amide bonds. The summed E-state index contributed by atoms with van der Waals surface area (Å²) in [5, 5.41) is 9.16. The van der Waals surface area contributed by atoms with Crippen LogP contribution in [0.2, 0.25) is 5.02 Å². The van der Waals surface area contributed by atoms with Gasteiger partial charge in [0.1, 0.15) is 0 Å². The largest absolute Gasteiger partial charge is 0.478 e. The molecule has 0 spiro atoms. The van der Waals surface area contributed by atoms with Crippen LogP contribution in [0.4, 0.5) is 0 Å². The van der Waals surface area contributed by atoms with E-state index in [1.54, 1.807) is 6.07 Å². The first-order chi connectivity index (χ1) is 8.50. The normalized spacial score (nSPS) is 9.44. The monoisotopic (exact) mass is 282 g/mol. The van der Waals surface area contributed by atoms with Gasteiger partial charge in [-0.3, -0.25) is 4.79 Å². The minimum absolute atomic E-state index is 0.0700. The summed E-state index contributed by atoms with van der Waals surface area (Å²) in [6.45, 7) is 1.51. The van der Waals surface area contributed by atoms with Crippen molar-refractivity contribution < 1.29 is 14.7 Å². The Morgan fingerprint density at radius 2 is 2.17 bits per heavy atom. The number of thioether (sulfide) groups is 1. The Morgan fingerprint density at radius 1 is 1.44 bits per heavy atom. The molecule has 0 bridgehead atoms. The summed E-state index contributed by atoms with van der Waals surface area (Å²) < 4.78 is 0. The van der Waals surface area contributed by atoms with Crippen molar-refractivity contribution in [1.29, 1.82) is 0 Å². The fourth-order valence-electron chi connectivity index (χ4n) is 1.15. The van der Waals surface area contributed by atoms with Crippen molar-refractivity contribution in [3.8, 4) is 11.8 Å². The number of benzene rings is 1. The van der Waals surface area contributed by atoms with Crippen molar-refractivity contribution in [3.63, 3.8) is 0 Å². The maximum absolute atomic E-state index is 10.7. The molecule has 0 saturated heterocycles. The highest BCUT2D eigenvalue weighted by atomic mass is 35.5.